The maximum absolute atomic E-state index is 11.2. The Hall–Kier alpha value is -1.71. The molecule has 0 atom stereocenters. The second-order valence-electron chi connectivity index (χ2n) is 3.33. The van der Waals surface area contributed by atoms with Crippen molar-refractivity contribution in [1.82, 2.24) is 10.3 Å². The Balaban J connectivity index is 2.26. The molecule has 0 aromatic carbocycles. The number of ketones is 1. The number of pyridine rings is 1. The van der Waals surface area contributed by atoms with Crippen LogP contribution in [-0.2, 0) is 16.1 Å². The average molecular weight is 206 g/mol. The molecule has 0 aliphatic heterocycles. The number of aromatic nitrogens is 1. The van der Waals surface area contributed by atoms with Gasteiger partial charge in [-0.3, -0.25) is 9.78 Å². The van der Waals surface area contributed by atoms with Crippen molar-refractivity contribution >= 4 is 11.7 Å². The normalized spacial score (nSPS) is 9.67. The first kappa shape index (κ1) is 11.4. The summed E-state index contributed by atoms with van der Waals surface area (Å²) in [4.78, 5) is 25.8. The molecule has 0 bridgehead atoms. The second-order valence-corrected chi connectivity index (χ2v) is 3.33. The molecule has 0 fully saturated rings. The van der Waals surface area contributed by atoms with Gasteiger partial charge in [0.15, 0.2) is 0 Å². The van der Waals surface area contributed by atoms with Crippen molar-refractivity contribution in [3.05, 3.63) is 30.1 Å². The van der Waals surface area contributed by atoms with Gasteiger partial charge < -0.3 is 10.1 Å². The molecule has 1 N–H and O–H groups in total. The van der Waals surface area contributed by atoms with Crippen LogP contribution < -0.4 is 5.32 Å². The topological polar surface area (TPSA) is 59.1 Å². The minimum Gasteiger partial charge on any atom is -0.352 e. The monoisotopic (exact) mass is 206 g/mol. The zero-order valence-corrected chi connectivity index (χ0v) is 8.69. The molecule has 4 heteroatoms. The highest BCUT2D eigenvalue weighted by molar-refractivity contribution is 5.83. The van der Waals surface area contributed by atoms with Gasteiger partial charge in [0.1, 0.15) is 5.78 Å². The van der Waals surface area contributed by atoms with Crippen molar-refractivity contribution in [2.45, 2.75) is 26.3 Å². The molecular formula is C11H14N2O2. The maximum Gasteiger partial charge on any atom is 0.220 e. The molecule has 1 aromatic heterocycles. The molecule has 15 heavy (non-hydrogen) atoms. The zero-order chi connectivity index (χ0) is 11.1. The Bertz CT molecular complexity index is 336. The fraction of sp³-hybridized carbons (Fsp3) is 0.364. The van der Waals surface area contributed by atoms with E-state index in [1.165, 1.54) is 6.92 Å². The Morgan fingerprint density at radius 1 is 1.27 bits per heavy atom. The molecular weight excluding hydrogens is 192 g/mol. The van der Waals surface area contributed by atoms with Crippen molar-refractivity contribution in [3.63, 3.8) is 0 Å². The van der Waals surface area contributed by atoms with Gasteiger partial charge in [-0.1, -0.05) is 0 Å². The quantitative estimate of drug-likeness (QED) is 0.783. The maximum atomic E-state index is 11.2. The Kier molecular flexibility index (Phi) is 4.47. The first-order valence-electron chi connectivity index (χ1n) is 4.83. The number of hydrogen-bond acceptors (Lipinski definition) is 3. The molecule has 80 valence electrons. The third kappa shape index (κ3) is 4.90. The zero-order valence-electron chi connectivity index (χ0n) is 8.69. The summed E-state index contributed by atoms with van der Waals surface area (Å²) in [5.41, 5.74) is 1.00. The highest BCUT2D eigenvalue weighted by Gasteiger charge is 2.02. The largest absolute Gasteiger partial charge is 0.352 e. The van der Waals surface area contributed by atoms with Crippen LogP contribution in [-0.4, -0.2) is 16.7 Å². The van der Waals surface area contributed by atoms with Gasteiger partial charge in [-0.15, -0.1) is 0 Å². The third-order valence-corrected chi connectivity index (χ3v) is 1.94. The number of Topliss-reactive ketones (excluding diaryl/α,β-unsaturated/α-hetero) is 1. The molecule has 0 spiro atoms. The van der Waals surface area contributed by atoms with Crippen LogP contribution in [0.4, 0.5) is 0 Å². The summed E-state index contributed by atoms with van der Waals surface area (Å²) < 4.78 is 0. The summed E-state index contributed by atoms with van der Waals surface area (Å²) in [6.45, 7) is 1.97. The molecule has 0 saturated heterocycles. The van der Waals surface area contributed by atoms with Crippen LogP contribution in [0.3, 0.4) is 0 Å². The lowest BCUT2D eigenvalue weighted by molar-refractivity contribution is -0.124. The van der Waals surface area contributed by atoms with Gasteiger partial charge in [-0.05, 0) is 24.6 Å². The fourth-order valence-electron chi connectivity index (χ4n) is 1.08. The van der Waals surface area contributed by atoms with Crippen molar-refractivity contribution in [1.29, 1.82) is 0 Å². The number of nitrogens with one attached hydrogen (secondary N) is 1. The lowest BCUT2D eigenvalue weighted by Crippen LogP contribution is -2.22. The van der Waals surface area contributed by atoms with E-state index < -0.39 is 0 Å². The second kappa shape index (κ2) is 5.90. The van der Waals surface area contributed by atoms with E-state index in [-0.39, 0.29) is 18.1 Å². The van der Waals surface area contributed by atoms with Crippen LogP contribution in [0, 0.1) is 0 Å². The molecule has 1 rings (SSSR count). The van der Waals surface area contributed by atoms with Crippen molar-refractivity contribution in [2.75, 3.05) is 0 Å². The van der Waals surface area contributed by atoms with E-state index in [0.29, 0.717) is 13.0 Å². The molecule has 0 radical (unpaired) electrons. The number of nitrogens with zero attached hydrogens (tertiary/aromatic N) is 1. The summed E-state index contributed by atoms with van der Waals surface area (Å²) in [5.74, 6) is -0.0592. The lowest BCUT2D eigenvalue weighted by Gasteiger charge is -2.03. The van der Waals surface area contributed by atoms with E-state index in [0.717, 1.165) is 5.56 Å². The molecule has 0 aliphatic carbocycles. The van der Waals surface area contributed by atoms with E-state index in [2.05, 4.69) is 10.3 Å². The summed E-state index contributed by atoms with van der Waals surface area (Å²) >= 11 is 0. The average Bonchev–Trinajstić information content (AvgIpc) is 2.25. The first-order chi connectivity index (χ1) is 7.18. The van der Waals surface area contributed by atoms with Gasteiger partial charge in [0.05, 0.1) is 0 Å². The molecule has 1 heterocycles. The minimum atomic E-state index is -0.0954. The van der Waals surface area contributed by atoms with E-state index in [9.17, 15) is 9.59 Å². The number of carbonyl (C=O) groups is 2. The van der Waals surface area contributed by atoms with Gasteiger partial charge in [0.2, 0.25) is 5.91 Å². The number of hydrogen-bond donors (Lipinski definition) is 1. The summed E-state index contributed by atoms with van der Waals surface area (Å²) in [6, 6.07) is 3.68. The Labute approximate surface area is 88.7 Å². The highest BCUT2D eigenvalue weighted by atomic mass is 16.2. The summed E-state index contributed by atoms with van der Waals surface area (Å²) in [7, 11) is 0. The van der Waals surface area contributed by atoms with E-state index in [1.54, 1.807) is 12.4 Å². The van der Waals surface area contributed by atoms with E-state index >= 15 is 0 Å². The predicted octanol–water partition coefficient (Wildman–Crippen LogP) is 1.07. The fourth-order valence-corrected chi connectivity index (χ4v) is 1.08. The first-order valence-corrected chi connectivity index (χ1v) is 4.83. The molecule has 1 amide bonds. The standard InChI is InChI=1S/C11H14N2O2/c1-9(14)2-3-11(15)13-8-10-4-6-12-7-5-10/h4-7H,2-3,8H2,1H3,(H,13,15). The smallest absolute Gasteiger partial charge is 0.220 e. The minimum absolute atomic E-state index is 0.0362. The SMILES string of the molecule is CC(=O)CCC(=O)NCc1ccncc1. The van der Waals surface area contributed by atoms with Crippen LogP contribution >= 0.6 is 0 Å². The van der Waals surface area contributed by atoms with Gasteiger partial charge in [0, 0.05) is 31.8 Å². The third-order valence-electron chi connectivity index (χ3n) is 1.94. The van der Waals surface area contributed by atoms with Crippen LogP contribution in [0.15, 0.2) is 24.5 Å². The molecule has 1 aromatic rings. The Morgan fingerprint density at radius 3 is 2.53 bits per heavy atom. The summed E-state index contributed by atoms with van der Waals surface area (Å²) in [5, 5.41) is 2.74. The molecule has 0 saturated carbocycles. The van der Waals surface area contributed by atoms with Gasteiger partial charge in [-0.2, -0.15) is 0 Å². The Morgan fingerprint density at radius 2 is 1.93 bits per heavy atom. The van der Waals surface area contributed by atoms with Crippen molar-refractivity contribution < 1.29 is 9.59 Å². The van der Waals surface area contributed by atoms with Crippen LogP contribution in [0.5, 0.6) is 0 Å². The molecule has 4 nitrogen and oxygen atoms in total. The van der Waals surface area contributed by atoms with Gasteiger partial charge in [0.25, 0.3) is 0 Å². The van der Waals surface area contributed by atoms with Crippen molar-refractivity contribution in [2.24, 2.45) is 0 Å². The highest BCUT2D eigenvalue weighted by Crippen LogP contribution is 1.96. The lowest BCUT2D eigenvalue weighted by atomic mass is 10.2. The predicted molar refractivity (Wildman–Crippen MR) is 56.0 cm³/mol. The van der Waals surface area contributed by atoms with Gasteiger partial charge in [-0.25, -0.2) is 0 Å². The van der Waals surface area contributed by atoms with Crippen LogP contribution in [0.25, 0.3) is 0 Å². The molecule has 0 aliphatic rings. The van der Waals surface area contributed by atoms with Gasteiger partial charge >= 0.3 is 0 Å². The summed E-state index contributed by atoms with van der Waals surface area (Å²) in [6.07, 6.45) is 3.93. The molecule has 0 unspecified atom stereocenters. The van der Waals surface area contributed by atoms with Crippen LogP contribution in [0.2, 0.25) is 0 Å². The van der Waals surface area contributed by atoms with Crippen LogP contribution in [0.1, 0.15) is 25.3 Å². The van der Waals surface area contributed by atoms with Crippen molar-refractivity contribution in [3.8, 4) is 0 Å². The number of carbonyl (C=O) groups excluding carboxylic acids is 2. The van der Waals surface area contributed by atoms with E-state index in [4.69, 9.17) is 0 Å². The van der Waals surface area contributed by atoms with E-state index in [1.807, 2.05) is 12.1 Å². The number of rotatable bonds is 5. The number of amides is 1.